The highest BCUT2D eigenvalue weighted by Gasteiger charge is 2.30. The second kappa shape index (κ2) is 9.47. The number of hydrogen-bond donors (Lipinski definition) is 0. The summed E-state index contributed by atoms with van der Waals surface area (Å²) < 4.78 is 13.1. The van der Waals surface area contributed by atoms with E-state index in [0.29, 0.717) is 38.9 Å². The van der Waals surface area contributed by atoms with Crippen LogP contribution in [-0.4, -0.2) is 28.8 Å². The molecule has 0 bridgehead atoms. The summed E-state index contributed by atoms with van der Waals surface area (Å²) in [6.07, 6.45) is 1.77. The van der Waals surface area contributed by atoms with Crippen LogP contribution in [-0.2, 0) is 11.4 Å². The molecule has 1 aliphatic heterocycles. The quantitative estimate of drug-likeness (QED) is 0.262. The molecular formula is C20H17ClINO3S2. The molecule has 2 aromatic carbocycles. The van der Waals surface area contributed by atoms with Gasteiger partial charge in [0.25, 0.3) is 5.91 Å². The molecule has 1 heterocycles. The normalized spacial score (nSPS) is 15.4. The number of halogens is 2. The van der Waals surface area contributed by atoms with Crippen LogP contribution in [0.4, 0.5) is 0 Å². The van der Waals surface area contributed by atoms with E-state index in [0.717, 1.165) is 14.7 Å². The second-order valence-corrected chi connectivity index (χ2v) is 9.20. The molecule has 0 unspecified atom stereocenters. The third-order valence-corrected chi connectivity index (χ3v) is 6.41. The van der Waals surface area contributed by atoms with E-state index >= 15 is 0 Å². The van der Waals surface area contributed by atoms with Gasteiger partial charge in [-0.3, -0.25) is 9.69 Å². The SMILES string of the molecule is CCN1C(=O)/C(=C/c2cc(Cl)c(OCc3ccc(I)cc3)c(OC)c2)SC1=S. The summed E-state index contributed by atoms with van der Waals surface area (Å²) in [4.78, 5) is 14.5. The van der Waals surface area contributed by atoms with Crippen molar-refractivity contribution in [3.63, 3.8) is 0 Å². The Morgan fingerprint density at radius 1 is 1.29 bits per heavy atom. The molecule has 4 nitrogen and oxygen atoms in total. The molecule has 28 heavy (non-hydrogen) atoms. The first-order chi connectivity index (χ1) is 13.4. The first kappa shape index (κ1) is 21.4. The lowest BCUT2D eigenvalue weighted by Gasteiger charge is -2.14. The summed E-state index contributed by atoms with van der Waals surface area (Å²) in [6, 6.07) is 11.6. The van der Waals surface area contributed by atoms with Crippen LogP contribution in [0.3, 0.4) is 0 Å². The second-order valence-electron chi connectivity index (χ2n) is 5.88. The molecule has 3 rings (SSSR count). The minimum absolute atomic E-state index is 0.0911. The summed E-state index contributed by atoms with van der Waals surface area (Å²) in [5.74, 6) is 0.892. The van der Waals surface area contributed by atoms with Gasteiger partial charge < -0.3 is 9.47 Å². The number of benzene rings is 2. The van der Waals surface area contributed by atoms with Gasteiger partial charge in [-0.25, -0.2) is 0 Å². The maximum Gasteiger partial charge on any atom is 0.266 e. The highest BCUT2D eigenvalue weighted by molar-refractivity contribution is 14.1. The molecule has 0 aromatic heterocycles. The number of ether oxygens (including phenoxy) is 2. The standard InChI is InChI=1S/C20H17ClINO3S2/c1-3-23-19(24)17(28-20(23)27)10-13-8-15(21)18(16(9-13)25-2)26-11-12-4-6-14(22)7-5-12/h4-10H,3,11H2,1-2H3/b17-10-. The molecule has 1 amide bonds. The van der Waals surface area contributed by atoms with Gasteiger partial charge in [0.05, 0.1) is 17.0 Å². The fourth-order valence-electron chi connectivity index (χ4n) is 2.62. The number of carbonyl (C=O) groups is 1. The van der Waals surface area contributed by atoms with E-state index < -0.39 is 0 Å². The van der Waals surface area contributed by atoms with Crippen molar-refractivity contribution in [2.75, 3.05) is 13.7 Å². The van der Waals surface area contributed by atoms with Crippen molar-refractivity contribution in [2.24, 2.45) is 0 Å². The largest absolute Gasteiger partial charge is 0.493 e. The first-order valence-corrected chi connectivity index (χ1v) is 11.1. The Morgan fingerprint density at radius 2 is 2.00 bits per heavy atom. The van der Waals surface area contributed by atoms with Crippen molar-refractivity contribution in [2.45, 2.75) is 13.5 Å². The zero-order valence-corrected chi connectivity index (χ0v) is 19.7. The zero-order chi connectivity index (χ0) is 20.3. The Labute approximate surface area is 192 Å². The number of carbonyl (C=O) groups excluding carboxylic acids is 1. The Bertz CT molecular complexity index is 947. The molecule has 8 heteroatoms. The summed E-state index contributed by atoms with van der Waals surface area (Å²) >= 11 is 15.2. The minimum Gasteiger partial charge on any atom is -0.493 e. The third-order valence-electron chi connectivity index (χ3n) is 4.04. The lowest BCUT2D eigenvalue weighted by atomic mass is 10.1. The van der Waals surface area contributed by atoms with Crippen LogP contribution in [0.25, 0.3) is 6.08 Å². The van der Waals surface area contributed by atoms with Gasteiger partial charge in [-0.2, -0.15) is 0 Å². The Hall–Kier alpha value is -1.29. The maximum atomic E-state index is 12.4. The van der Waals surface area contributed by atoms with Gasteiger partial charge >= 0.3 is 0 Å². The average molecular weight is 546 g/mol. The van der Waals surface area contributed by atoms with Crippen molar-refractivity contribution in [1.82, 2.24) is 4.90 Å². The fraction of sp³-hybridized carbons (Fsp3) is 0.200. The summed E-state index contributed by atoms with van der Waals surface area (Å²) in [5.41, 5.74) is 1.78. The molecule has 0 atom stereocenters. The maximum absolute atomic E-state index is 12.4. The monoisotopic (exact) mass is 545 g/mol. The summed E-state index contributed by atoms with van der Waals surface area (Å²) in [6.45, 7) is 2.83. The molecule has 0 radical (unpaired) electrons. The number of rotatable bonds is 6. The highest BCUT2D eigenvalue weighted by Crippen LogP contribution is 2.39. The lowest BCUT2D eigenvalue weighted by Crippen LogP contribution is -2.27. The molecule has 1 aliphatic rings. The van der Waals surface area contributed by atoms with E-state index in [1.807, 2.05) is 31.2 Å². The number of likely N-dealkylation sites (N-methyl/N-ethyl adjacent to an activating group) is 1. The predicted octanol–water partition coefficient (Wildman–Crippen LogP) is 5.75. The Balaban J connectivity index is 1.83. The van der Waals surface area contributed by atoms with Crippen LogP contribution in [0, 0.1) is 3.57 Å². The molecule has 146 valence electrons. The van der Waals surface area contributed by atoms with Crippen LogP contribution in [0.2, 0.25) is 5.02 Å². The Kier molecular flexibility index (Phi) is 7.25. The molecule has 0 aliphatic carbocycles. The smallest absolute Gasteiger partial charge is 0.266 e. The van der Waals surface area contributed by atoms with Crippen molar-refractivity contribution in [3.05, 3.63) is 61.0 Å². The minimum atomic E-state index is -0.0911. The van der Waals surface area contributed by atoms with Crippen LogP contribution in [0.1, 0.15) is 18.1 Å². The Morgan fingerprint density at radius 3 is 2.61 bits per heavy atom. The van der Waals surface area contributed by atoms with Gasteiger partial charge in [-0.05, 0) is 71.0 Å². The van der Waals surface area contributed by atoms with E-state index in [1.54, 1.807) is 30.2 Å². The zero-order valence-electron chi connectivity index (χ0n) is 15.2. The van der Waals surface area contributed by atoms with Gasteiger partial charge in [-0.1, -0.05) is 47.7 Å². The topological polar surface area (TPSA) is 38.8 Å². The van der Waals surface area contributed by atoms with Gasteiger partial charge in [0.1, 0.15) is 10.9 Å². The number of thiocarbonyl (C=S) groups is 1. The van der Waals surface area contributed by atoms with Gasteiger partial charge in [0.2, 0.25) is 0 Å². The van der Waals surface area contributed by atoms with E-state index in [2.05, 4.69) is 22.6 Å². The van der Waals surface area contributed by atoms with Gasteiger partial charge in [-0.15, -0.1) is 0 Å². The highest BCUT2D eigenvalue weighted by atomic mass is 127. The molecule has 1 fully saturated rings. The molecular weight excluding hydrogens is 529 g/mol. The van der Waals surface area contributed by atoms with Crippen LogP contribution in [0.5, 0.6) is 11.5 Å². The predicted molar refractivity (Wildman–Crippen MR) is 127 cm³/mol. The number of methoxy groups -OCH3 is 1. The van der Waals surface area contributed by atoms with Crippen LogP contribution >= 0.6 is 58.2 Å². The molecule has 2 aromatic rings. The van der Waals surface area contributed by atoms with Crippen molar-refractivity contribution < 1.29 is 14.3 Å². The lowest BCUT2D eigenvalue weighted by molar-refractivity contribution is -0.121. The molecule has 0 spiro atoms. The number of amides is 1. The number of hydrogen-bond acceptors (Lipinski definition) is 5. The van der Waals surface area contributed by atoms with Crippen molar-refractivity contribution >= 4 is 74.5 Å². The molecule has 0 N–H and O–H groups in total. The van der Waals surface area contributed by atoms with Gasteiger partial charge in [0.15, 0.2) is 11.5 Å². The van der Waals surface area contributed by atoms with E-state index in [-0.39, 0.29) is 5.91 Å². The number of nitrogens with zero attached hydrogens (tertiary/aromatic N) is 1. The average Bonchev–Trinajstić information content (AvgIpc) is 2.94. The van der Waals surface area contributed by atoms with E-state index in [4.69, 9.17) is 33.3 Å². The van der Waals surface area contributed by atoms with E-state index in [1.165, 1.54) is 11.8 Å². The molecule has 1 saturated heterocycles. The molecule has 0 saturated carbocycles. The summed E-state index contributed by atoms with van der Waals surface area (Å²) in [7, 11) is 1.56. The van der Waals surface area contributed by atoms with Crippen LogP contribution in [0.15, 0.2) is 41.3 Å². The first-order valence-electron chi connectivity index (χ1n) is 8.43. The van der Waals surface area contributed by atoms with Crippen molar-refractivity contribution in [3.8, 4) is 11.5 Å². The van der Waals surface area contributed by atoms with Crippen LogP contribution < -0.4 is 9.47 Å². The third kappa shape index (κ3) is 4.82. The number of thioether (sulfide) groups is 1. The van der Waals surface area contributed by atoms with E-state index in [9.17, 15) is 4.79 Å². The van der Waals surface area contributed by atoms with Gasteiger partial charge in [0, 0.05) is 10.1 Å². The fourth-order valence-corrected chi connectivity index (χ4v) is 4.64. The summed E-state index contributed by atoms with van der Waals surface area (Å²) in [5, 5.41) is 0.419. The van der Waals surface area contributed by atoms with Crippen molar-refractivity contribution in [1.29, 1.82) is 0 Å².